The van der Waals surface area contributed by atoms with Crippen molar-refractivity contribution < 1.29 is 13.3 Å². The predicted octanol–water partition coefficient (Wildman–Crippen LogP) is 3.83. The summed E-state index contributed by atoms with van der Waals surface area (Å²) < 4.78 is 17.8. The van der Waals surface area contributed by atoms with E-state index in [0.717, 1.165) is 18.9 Å². The average molecular weight is 294 g/mol. The Bertz CT molecular complexity index is 361. The highest BCUT2D eigenvalue weighted by molar-refractivity contribution is 6.60. The fraction of sp³-hybridized carbons (Fsp3) is 0.500. The van der Waals surface area contributed by atoms with E-state index in [9.17, 15) is 0 Å². The molecule has 0 atom stereocenters. The maximum atomic E-state index is 6.00. The van der Waals surface area contributed by atoms with Crippen LogP contribution in [-0.4, -0.2) is 28.6 Å². The normalized spacial score (nSPS) is 11.5. The Kier molecular flexibility index (Phi) is 8.45. The molecule has 0 amide bonds. The Morgan fingerprint density at radius 1 is 1.05 bits per heavy atom. The van der Waals surface area contributed by atoms with E-state index in [1.165, 1.54) is 5.56 Å². The summed E-state index contributed by atoms with van der Waals surface area (Å²) in [7, 11) is -2.56. The first-order valence-corrected chi connectivity index (χ1v) is 9.26. The van der Waals surface area contributed by atoms with Crippen LogP contribution in [0, 0.1) is 0 Å². The molecule has 0 unspecified atom stereocenters. The number of hydrogen-bond acceptors (Lipinski definition) is 3. The zero-order chi connectivity index (χ0) is 14.7. The topological polar surface area (TPSA) is 27.7 Å². The summed E-state index contributed by atoms with van der Waals surface area (Å²) in [5.74, 6) is 0. The molecule has 1 rings (SSSR count). The molecule has 0 radical (unpaired) electrons. The fourth-order valence-electron chi connectivity index (χ4n) is 2.02. The third-order valence-electron chi connectivity index (χ3n) is 2.94. The van der Waals surface area contributed by atoms with Gasteiger partial charge in [-0.2, -0.15) is 0 Å². The summed E-state index contributed by atoms with van der Waals surface area (Å²) in [5.41, 5.74) is 1.29. The van der Waals surface area contributed by atoms with E-state index in [0.29, 0.717) is 19.8 Å². The van der Waals surface area contributed by atoms with Crippen LogP contribution in [-0.2, 0) is 19.7 Å². The summed E-state index contributed by atoms with van der Waals surface area (Å²) >= 11 is 0. The predicted molar refractivity (Wildman–Crippen MR) is 84.7 cm³/mol. The van der Waals surface area contributed by atoms with E-state index < -0.39 is 8.80 Å². The zero-order valence-corrected chi connectivity index (χ0v) is 13.6. The molecular weight excluding hydrogens is 268 g/mol. The minimum absolute atomic E-state index is 0.616. The largest absolute Gasteiger partial charge is 0.501 e. The van der Waals surface area contributed by atoms with Crippen molar-refractivity contribution in [2.24, 2.45) is 0 Å². The number of benzene rings is 1. The van der Waals surface area contributed by atoms with Gasteiger partial charge in [-0.15, -0.1) is 6.58 Å². The average Bonchev–Trinajstić information content (AvgIpc) is 2.47. The Morgan fingerprint density at radius 3 is 2.25 bits per heavy atom. The van der Waals surface area contributed by atoms with Crippen LogP contribution in [0.1, 0.15) is 25.8 Å². The smallest absolute Gasteiger partial charge is 0.374 e. The third kappa shape index (κ3) is 6.01. The van der Waals surface area contributed by atoms with Crippen LogP contribution >= 0.6 is 0 Å². The lowest BCUT2D eigenvalue weighted by atomic mass is 10.2. The van der Waals surface area contributed by atoms with Crippen molar-refractivity contribution in [1.82, 2.24) is 0 Å². The second-order valence-electron chi connectivity index (χ2n) is 4.46. The van der Waals surface area contributed by atoms with Crippen LogP contribution in [0.25, 0.3) is 0 Å². The summed E-state index contributed by atoms with van der Waals surface area (Å²) in [4.78, 5) is 0. The van der Waals surface area contributed by atoms with E-state index in [-0.39, 0.29) is 0 Å². The standard InChI is InChI=1S/C16H26O3Si/c1-4-7-14-19-20(17-5-2,18-6-3)15-13-16-11-9-8-10-12-16/h4,8-12H,1,5-7,13-15H2,2-3H3. The molecule has 0 saturated carbocycles. The summed E-state index contributed by atoms with van der Waals surface area (Å²) in [6, 6.07) is 11.2. The summed E-state index contributed by atoms with van der Waals surface area (Å²) in [5, 5.41) is 0. The second-order valence-corrected chi connectivity index (χ2v) is 7.19. The molecule has 0 aliphatic rings. The maximum absolute atomic E-state index is 6.00. The Morgan fingerprint density at radius 2 is 1.70 bits per heavy atom. The van der Waals surface area contributed by atoms with E-state index >= 15 is 0 Å². The van der Waals surface area contributed by atoms with Gasteiger partial charge in [0.15, 0.2) is 0 Å². The van der Waals surface area contributed by atoms with Crippen LogP contribution in [0.5, 0.6) is 0 Å². The van der Waals surface area contributed by atoms with Crippen LogP contribution in [0.2, 0.25) is 6.04 Å². The van der Waals surface area contributed by atoms with Crippen molar-refractivity contribution in [3.8, 4) is 0 Å². The molecule has 0 spiro atoms. The molecule has 112 valence electrons. The Hall–Kier alpha value is -0.943. The molecule has 0 aromatic heterocycles. The molecule has 0 N–H and O–H groups in total. The minimum Gasteiger partial charge on any atom is -0.374 e. The number of aryl methyl sites for hydroxylation is 1. The molecular formula is C16H26O3Si. The zero-order valence-electron chi connectivity index (χ0n) is 12.6. The van der Waals surface area contributed by atoms with Gasteiger partial charge in [-0.1, -0.05) is 36.4 Å². The van der Waals surface area contributed by atoms with Crippen LogP contribution in [0.3, 0.4) is 0 Å². The molecule has 1 aromatic carbocycles. The molecule has 0 fully saturated rings. The lowest BCUT2D eigenvalue weighted by Gasteiger charge is -2.28. The van der Waals surface area contributed by atoms with E-state index in [4.69, 9.17) is 13.3 Å². The lowest BCUT2D eigenvalue weighted by Crippen LogP contribution is -2.46. The van der Waals surface area contributed by atoms with Gasteiger partial charge in [0.1, 0.15) is 0 Å². The van der Waals surface area contributed by atoms with Crippen molar-refractivity contribution in [2.75, 3.05) is 19.8 Å². The van der Waals surface area contributed by atoms with Gasteiger partial charge in [0.2, 0.25) is 0 Å². The highest BCUT2D eigenvalue weighted by Crippen LogP contribution is 2.19. The third-order valence-corrected chi connectivity index (χ3v) is 5.90. The maximum Gasteiger partial charge on any atom is 0.501 e. The number of hydrogen-bond donors (Lipinski definition) is 0. The van der Waals surface area contributed by atoms with Gasteiger partial charge in [0.25, 0.3) is 0 Å². The molecule has 3 nitrogen and oxygen atoms in total. The van der Waals surface area contributed by atoms with Crippen molar-refractivity contribution in [3.63, 3.8) is 0 Å². The Balaban J connectivity index is 2.65. The molecule has 0 heterocycles. The first-order valence-electron chi connectivity index (χ1n) is 7.33. The van der Waals surface area contributed by atoms with E-state index in [2.05, 4.69) is 30.8 Å². The van der Waals surface area contributed by atoms with Gasteiger partial charge in [-0.3, -0.25) is 0 Å². The van der Waals surface area contributed by atoms with Gasteiger partial charge in [-0.05, 0) is 32.3 Å². The summed E-state index contributed by atoms with van der Waals surface area (Å²) in [6.07, 6.45) is 3.59. The highest BCUT2D eigenvalue weighted by Gasteiger charge is 2.40. The van der Waals surface area contributed by atoms with Gasteiger partial charge in [0, 0.05) is 25.9 Å². The number of rotatable bonds is 11. The fourth-order valence-corrected chi connectivity index (χ4v) is 4.61. The molecule has 0 saturated heterocycles. The van der Waals surface area contributed by atoms with Crippen molar-refractivity contribution in [3.05, 3.63) is 48.6 Å². The van der Waals surface area contributed by atoms with E-state index in [1.807, 2.05) is 26.0 Å². The molecule has 4 heteroatoms. The molecule has 1 aromatic rings. The van der Waals surface area contributed by atoms with Crippen LogP contribution in [0.4, 0.5) is 0 Å². The first kappa shape index (κ1) is 17.1. The van der Waals surface area contributed by atoms with Gasteiger partial charge in [0.05, 0.1) is 0 Å². The van der Waals surface area contributed by atoms with Gasteiger partial charge < -0.3 is 13.3 Å². The monoisotopic (exact) mass is 294 g/mol. The minimum atomic E-state index is -2.56. The highest BCUT2D eigenvalue weighted by atomic mass is 28.4. The molecule has 0 aliphatic heterocycles. The second kappa shape index (κ2) is 9.88. The van der Waals surface area contributed by atoms with Gasteiger partial charge >= 0.3 is 8.80 Å². The summed E-state index contributed by atoms with van der Waals surface area (Å²) in [6.45, 7) is 9.55. The van der Waals surface area contributed by atoms with Crippen LogP contribution < -0.4 is 0 Å². The Labute approximate surface area is 123 Å². The van der Waals surface area contributed by atoms with Crippen LogP contribution in [0.15, 0.2) is 43.0 Å². The van der Waals surface area contributed by atoms with Gasteiger partial charge in [-0.25, -0.2) is 0 Å². The SMILES string of the molecule is C=CCCO[Si](CCc1ccccc1)(OCC)OCC. The van der Waals surface area contributed by atoms with Crippen molar-refractivity contribution in [1.29, 1.82) is 0 Å². The molecule has 0 bridgehead atoms. The van der Waals surface area contributed by atoms with Crippen molar-refractivity contribution in [2.45, 2.75) is 32.7 Å². The molecule has 0 aliphatic carbocycles. The van der Waals surface area contributed by atoms with E-state index in [1.54, 1.807) is 0 Å². The first-order chi connectivity index (χ1) is 9.76. The quantitative estimate of drug-likeness (QED) is 0.353. The molecule has 20 heavy (non-hydrogen) atoms. The lowest BCUT2D eigenvalue weighted by molar-refractivity contribution is 0.0685. The van der Waals surface area contributed by atoms with Crippen molar-refractivity contribution >= 4 is 8.80 Å².